The number of hydrogen-bond donors (Lipinski definition) is 1. The Hall–Kier alpha value is -2.30. The summed E-state index contributed by atoms with van der Waals surface area (Å²) >= 11 is 0. The van der Waals surface area contributed by atoms with E-state index in [0.717, 1.165) is 12.8 Å². The molecule has 0 saturated carbocycles. The van der Waals surface area contributed by atoms with Crippen LogP contribution in [-0.2, 0) is 4.74 Å². The van der Waals surface area contributed by atoms with E-state index in [1.54, 1.807) is 6.07 Å². The first-order chi connectivity index (χ1) is 9.11. The van der Waals surface area contributed by atoms with Gasteiger partial charge in [-0.05, 0) is 24.6 Å². The van der Waals surface area contributed by atoms with Gasteiger partial charge in [-0.15, -0.1) is 0 Å². The zero-order chi connectivity index (χ0) is 13.8. The van der Waals surface area contributed by atoms with Crippen molar-refractivity contribution < 1.29 is 19.1 Å². The van der Waals surface area contributed by atoms with Gasteiger partial charge < -0.3 is 14.3 Å². The van der Waals surface area contributed by atoms with Crippen LogP contribution in [-0.4, -0.2) is 17.7 Å². The molecule has 19 heavy (non-hydrogen) atoms. The third-order valence-electron chi connectivity index (χ3n) is 2.67. The van der Waals surface area contributed by atoms with Gasteiger partial charge in [0.25, 0.3) is 0 Å². The van der Waals surface area contributed by atoms with Crippen LogP contribution in [0.25, 0.3) is 11.0 Å². The third-order valence-corrected chi connectivity index (χ3v) is 2.67. The van der Waals surface area contributed by atoms with Crippen LogP contribution in [0.15, 0.2) is 33.5 Å². The van der Waals surface area contributed by atoms with E-state index in [1.807, 2.05) is 6.92 Å². The summed E-state index contributed by atoms with van der Waals surface area (Å²) in [5.74, 6) is -0.689. The molecule has 1 aromatic carbocycles. The molecule has 0 amide bonds. The monoisotopic (exact) mass is 262 g/mol. The normalized spacial score (nSPS) is 10.6. The molecule has 0 radical (unpaired) electrons. The maximum absolute atomic E-state index is 11.7. The van der Waals surface area contributed by atoms with Crippen molar-refractivity contribution in [3.63, 3.8) is 0 Å². The smallest absolute Gasteiger partial charge is 0.351 e. The van der Waals surface area contributed by atoms with Gasteiger partial charge in [0.1, 0.15) is 16.9 Å². The Balaban J connectivity index is 2.33. The highest BCUT2D eigenvalue weighted by atomic mass is 16.5. The highest BCUT2D eigenvalue weighted by Crippen LogP contribution is 2.19. The Morgan fingerprint density at radius 2 is 2.16 bits per heavy atom. The second-order valence-corrected chi connectivity index (χ2v) is 4.16. The highest BCUT2D eigenvalue weighted by molar-refractivity contribution is 5.93. The van der Waals surface area contributed by atoms with Crippen LogP contribution in [0.5, 0.6) is 5.75 Å². The number of esters is 1. The van der Waals surface area contributed by atoms with Gasteiger partial charge >= 0.3 is 11.6 Å². The molecule has 2 aromatic rings. The molecule has 5 nitrogen and oxygen atoms in total. The topological polar surface area (TPSA) is 76.7 Å². The summed E-state index contributed by atoms with van der Waals surface area (Å²) in [7, 11) is 0. The van der Waals surface area contributed by atoms with E-state index in [1.165, 1.54) is 18.2 Å². The number of unbranched alkanes of at least 4 members (excludes halogenated alkanes) is 1. The van der Waals surface area contributed by atoms with Crippen molar-refractivity contribution >= 4 is 16.9 Å². The van der Waals surface area contributed by atoms with Crippen molar-refractivity contribution in [3.05, 3.63) is 40.2 Å². The number of ether oxygens (including phenoxy) is 1. The molecule has 5 heteroatoms. The molecule has 1 N–H and O–H groups in total. The fourth-order valence-corrected chi connectivity index (χ4v) is 1.63. The van der Waals surface area contributed by atoms with Crippen LogP contribution in [0.3, 0.4) is 0 Å². The Kier molecular flexibility index (Phi) is 3.85. The van der Waals surface area contributed by atoms with E-state index in [9.17, 15) is 14.7 Å². The van der Waals surface area contributed by atoms with Crippen LogP contribution in [0.4, 0.5) is 0 Å². The zero-order valence-corrected chi connectivity index (χ0v) is 10.5. The lowest BCUT2D eigenvalue weighted by Gasteiger charge is -2.04. The Morgan fingerprint density at radius 3 is 2.89 bits per heavy atom. The van der Waals surface area contributed by atoms with Gasteiger partial charge in [-0.1, -0.05) is 13.3 Å². The second kappa shape index (κ2) is 5.56. The van der Waals surface area contributed by atoms with E-state index in [0.29, 0.717) is 5.39 Å². The van der Waals surface area contributed by atoms with Gasteiger partial charge in [0.2, 0.25) is 0 Å². The largest absolute Gasteiger partial charge is 0.508 e. The number of carbonyl (C=O) groups is 1. The molecular weight excluding hydrogens is 248 g/mol. The van der Waals surface area contributed by atoms with Crippen LogP contribution in [0.1, 0.15) is 30.1 Å². The van der Waals surface area contributed by atoms with Crippen molar-refractivity contribution in [3.8, 4) is 5.75 Å². The van der Waals surface area contributed by atoms with Gasteiger partial charge in [-0.25, -0.2) is 9.59 Å². The summed E-state index contributed by atoms with van der Waals surface area (Å²) in [6.45, 7) is 2.26. The molecule has 0 aliphatic rings. The molecule has 0 aliphatic heterocycles. The minimum Gasteiger partial charge on any atom is -0.508 e. The molecule has 0 bridgehead atoms. The minimum absolute atomic E-state index is 0.00563. The fourth-order valence-electron chi connectivity index (χ4n) is 1.63. The first-order valence-corrected chi connectivity index (χ1v) is 6.06. The highest BCUT2D eigenvalue weighted by Gasteiger charge is 2.15. The number of hydrogen-bond acceptors (Lipinski definition) is 5. The van der Waals surface area contributed by atoms with Gasteiger partial charge in [-0.3, -0.25) is 0 Å². The van der Waals surface area contributed by atoms with E-state index in [4.69, 9.17) is 9.15 Å². The fraction of sp³-hybridized carbons (Fsp3) is 0.286. The third kappa shape index (κ3) is 2.93. The summed E-state index contributed by atoms with van der Waals surface area (Å²) in [6, 6.07) is 5.75. The number of rotatable bonds is 4. The first kappa shape index (κ1) is 13.1. The van der Waals surface area contributed by atoms with Crippen LogP contribution in [0.2, 0.25) is 0 Å². The number of phenolic OH excluding ortho intramolecular Hbond substituents is 1. The summed E-state index contributed by atoms with van der Waals surface area (Å²) in [5.41, 5.74) is -0.663. The SMILES string of the molecule is CCCCOC(=O)c1cc2ccc(O)cc2oc1=O. The van der Waals surface area contributed by atoms with Crippen molar-refractivity contribution in [1.29, 1.82) is 0 Å². The van der Waals surface area contributed by atoms with Gasteiger partial charge in [0.05, 0.1) is 6.61 Å². The molecule has 0 fully saturated rings. The number of benzene rings is 1. The summed E-state index contributed by atoms with van der Waals surface area (Å²) in [4.78, 5) is 23.4. The van der Waals surface area contributed by atoms with Crippen LogP contribution < -0.4 is 5.63 Å². The molecule has 0 atom stereocenters. The van der Waals surface area contributed by atoms with Crippen molar-refractivity contribution in [2.75, 3.05) is 6.61 Å². The molecule has 2 rings (SSSR count). The van der Waals surface area contributed by atoms with Crippen molar-refractivity contribution in [2.45, 2.75) is 19.8 Å². The maximum atomic E-state index is 11.7. The Morgan fingerprint density at radius 1 is 1.37 bits per heavy atom. The minimum atomic E-state index is -0.764. The van der Waals surface area contributed by atoms with Crippen molar-refractivity contribution in [2.24, 2.45) is 0 Å². The van der Waals surface area contributed by atoms with Gasteiger partial charge in [-0.2, -0.15) is 0 Å². The standard InChI is InChI=1S/C14H14O5/c1-2-3-6-18-13(16)11-7-9-4-5-10(15)8-12(9)19-14(11)17/h4-5,7-8,15H,2-3,6H2,1H3. The van der Waals surface area contributed by atoms with E-state index in [2.05, 4.69) is 0 Å². The summed E-state index contributed by atoms with van der Waals surface area (Å²) < 4.78 is 9.96. The predicted octanol–water partition coefficient (Wildman–Crippen LogP) is 2.46. The number of fused-ring (bicyclic) bond motifs is 1. The Labute approximate surface area is 109 Å². The lowest BCUT2D eigenvalue weighted by Crippen LogP contribution is -2.16. The predicted molar refractivity (Wildman–Crippen MR) is 69.3 cm³/mol. The summed E-state index contributed by atoms with van der Waals surface area (Å²) in [5, 5.41) is 9.84. The van der Waals surface area contributed by atoms with E-state index >= 15 is 0 Å². The van der Waals surface area contributed by atoms with Gasteiger partial charge in [0, 0.05) is 11.5 Å². The molecule has 1 heterocycles. The molecule has 1 aromatic heterocycles. The van der Waals surface area contributed by atoms with Crippen molar-refractivity contribution in [1.82, 2.24) is 0 Å². The number of aromatic hydroxyl groups is 1. The molecule has 0 unspecified atom stereocenters. The summed E-state index contributed by atoms with van der Waals surface area (Å²) in [6.07, 6.45) is 1.65. The molecule has 100 valence electrons. The van der Waals surface area contributed by atoms with E-state index in [-0.39, 0.29) is 23.5 Å². The van der Waals surface area contributed by atoms with Crippen LogP contribution in [0, 0.1) is 0 Å². The second-order valence-electron chi connectivity index (χ2n) is 4.16. The number of phenols is 1. The quantitative estimate of drug-likeness (QED) is 0.520. The van der Waals surface area contributed by atoms with E-state index < -0.39 is 11.6 Å². The number of carbonyl (C=O) groups excluding carboxylic acids is 1. The van der Waals surface area contributed by atoms with Crippen LogP contribution >= 0.6 is 0 Å². The first-order valence-electron chi connectivity index (χ1n) is 6.06. The molecular formula is C14H14O5. The average molecular weight is 262 g/mol. The lowest BCUT2D eigenvalue weighted by molar-refractivity contribution is 0.0495. The lowest BCUT2D eigenvalue weighted by atomic mass is 10.2. The molecule has 0 spiro atoms. The van der Waals surface area contributed by atoms with Gasteiger partial charge in [0.15, 0.2) is 0 Å². The average Bonchev–Trinajstić information content (AvgIpc) is 2.38. The zero-order valence-electron chi connectivity index (χ0n) is 10.5. The maximum Gasteiger partial charge on any atom is 0.351 e. The molecule has 0 saturated heterocycles. The Bertz CT molecular complexity index is 656. The molecule has 0 aliphatic carbocycles.